The summed E-state index contributed by atoms with van der Waals surface area (Å²) < 4.78 is 22.0. The summed E-state index contributed by atoms with van der Waals surface area (Å²) in [6.45, 7) is 4.32. The Hall–Kier alpha value is -2.22. The maximum absolute atomic E-state index is 13.9. The van der Waals surface area contributed by atoms with Crippen LogP contribution in [0.1, 0.15) is 43.0 Å². The van der Waals surface area contributed by atoms with Gasteiger partial charge < -0.3 is 21.1 Å². The van der Waals surface area contributed by atoms with E-state index in [1.807, 2.05) is 17.0 Å². The van der Waals surface area contributed by atoms with Crippen molar-refractivity contribution in [3.63, 3.8) is 0 Å². The van der Waals surface area contributed by atoms with Gasteiger partial charge in [-0.2, -0.15) is 5.10 Å². The predicted octanol–water partition coefficient (Wildman–Crippen LogP) is 4.15. The normalized spacial score (nSPS) is 18.7. The van der Waals surface area contributed by atoms with Crippen molar-refractivity contribution in [1.29, 1.82) is 0 Å². The van der Waals surface area contributed by atoms with Crippen molar-refractivity contribution in [1.82, 2.24) is 20.4 Å². The van der Waals surface area contributed by atoms with Crippen LogP contribution in [-0.4, -0.2) is 29.4 Å². The van der Waals surface area contributed by atoms with Gasteiger partial charge in [0.25, 0.3) is 0 Å². The van der Waals surface area contributed by atoms with Gasteiger partial charge in [-0.15, -0.1) is 0 Å². The molecule has 0 aliphatic carbocycles. The van der Waals surface area contributed by atoms with Gasteiger partial charge in [0.05, 0.1) is 17.3 Å². The third-order valence-corrected chi connectivity index (χ3v) is 6.20. The van der Waals surface area contributed by atoms with Crippen molar-refractivity contribution in [2.75, 3.05) is 19.6 Å². The molecule has 1 aromatic carbocycles. The van der Waals surface area contributed by atoms with E-state index in [-0.39, 0.29) is 5.02 Å². The van der Waals surface area contributed by atoms with Crippen LogP contribution in [0.5, 0.6) is 0 Å². The smallest absolute Gasteiger partial charge is 0.160 e. The monoisotopic (exact) mass is 451 g/mol. The topological polar surface area (TPSA) is 77.1 Å². The number of benzene rings is 1. The minimum Gasteiger partial charge on any atom is -0.482 e. The molecule has 3 heterocycles. The minimum absolute atomic E-state index is 0.0506. The molecule has 1 aromatic heterocycles. The number of aromatic nitrogens is 2. The first-order chi connectivity index (χ1) is 14.4. The molecule has 0 bridgehead atoms. The number of rotatable bonds is 5. The second-order valence-corrected chi connectivity index (χ2v) is 8.29. The summed E-state index contributed by atoms with van der Waals surface area (Å²) in [7, 11) is 0. The van der Waals surface area contributed by atoms with Crippen LogP contribution < -0.4 is 16.4 Å². The van der Waals surface area contributed by atoms with Crippen molar-refractivity contribution >= 4 is 28.8 Å². The van der Waals surface area contributed by atoms with Gasteiger partial charge >= 0.3 is 0 Å². The van der Waals surface area contributed by atoms with Crippen molar-refractivity contribution in [3.8, 4) is 0 Å². The largest absolute Gasteiger partial charge is 0.482 e. The van der Waals surface area contributed by atoms with Gasteiger partial charge in [-0.3, -0.25) is 4.68 Å². The molecule has 1 atom stereocenters. The molecule has 2 aromatic rings. The lowest BCUT2D eigenvalue weighted by Crippen LogP contribution is -2.29. The highest BCUT2D eigenvalue weighted by Crippen LogP contribution is 2.36. The highest BCUT2D eigenvalue weighted by molar-refractivity contribution is 6.36. The summed E-state index contributed by atoms with van der Waals surface area (Å²) in [5.41, 5.74) is 8.50. The average molecular weight is 452 g/mol. The molecule has 160 valence electrons. The van der Waals surface area contributed by atoms with Crippen LogP contribution in [0.2, 0.25) is 10.0 Å². The van der Waals surface area contributed by atoms with Gasteiger partial charge in [0.2, 0.25) is 0 Å². The van der Waals surface area contributed by atoms with E-state index in [4.69, 9.17) is 33.7 Å². The number of dihydropyridines is 1. The van der Waals surface area contributed by atoms with E-state index >= 15 is 0 Å². The fraction of sp³-hybridized carbons (Fsp3) is 0.381. The number of nitrogens with one attached hydrogen (secondary N) is 2. The van der Waals surface area contributed by atoms with Gasteiger partial charge in [0.1, 0.15) is 17.7 Å². The summed E-state index contributed by atoms with van der Waals surface area (Å²) >= 11 is 12.3. The molecule has 1 saturated heterocycles. The quantitative estimate of drug-likeness (QED) is 0.595. The van der Waals surface area contributed by atoms with E-state index in [0.29, 0.717) is 34.8 Å². The lowest BCUT2D eigenvalue weighted by atomic mass is 10.1. The molecule has 4 rings (SSSR count). The third-order valence-electron chi connectivity index (χ3n) is 5.48. The van der Waals surface area contributed by atoms with Crippen LogP contribution in [0.15, 0.2) is 42.2 Å². The predicted molar refractivity (Wildman–Crippen MR) is 116 cm³/mol. The first kappa shape index (κ1) is 21.0. The molecular weight excluding hydrogens is 428 g/mol. The standard InChI is InChI=1S/C21H24Cl2FN5O/c1-12(19-16(22)2-3-17(24)20(19)23)30-18-8-13(9-27-21(18)25)14-10-28-29(11-14)15-4-6-26-7-5-15/h2-3,8,10-12,15,26-27H,4-7,9,25H2,1H3/t12-/m1/s1. The summed E-state index contributed by atoms with van der Waals surface area (Å²) in [5.74, 6) is 0.312. The fourth-order valence-corrected chi connectivity index (χ4v) is 4.46. The summed E-state index contributed by atoms with van der Waals surface area (Å²) in [4.78, 5) is 0. The zero-order chi connectivity index (χ0) is 21.3. The van der Waals surface area contributed by atoms with E-state index < -0.39 is 11.9 Å². The van der Waals surface area contributed by atoms with Crippen LogP contribution in [0.4, 0.5) is 4.39 Å². The molecular formula is C21H24Cl2FN5O. The first-order valence-electron chi connectivity index (χ1n) is 9.93. The van der Waals surface area contributed by atoms with Gasteiger partial charge in [-0.05, 0) is 56.6 Å². The number of nitrogens with zero attached hydrogens (tertiary/aromatic N) is 2. The van der Waals surface area contributed by atoms with Gasteiger partial charge in [-0.25, -0.2) is 4.39 Å². The molecule has 2 aliphatic rings. The second kappa shape index (κ2) is 8.88. The number of piperidine rings is 1. The summed E-state index contributed by atoms with van der Waals surface area (Å²) in [6, 6.07) is 3.10. The van der Waals surface area contributed by atoms with Crippen molar-refractivity contribution in [2.45, 2.75) is 31.9 Å². The lowest BCUT2D eigenvalue weighted by Gasteiger charge is -2.24. The maximum atomic E-state index is 13.9. The molecule has 6 nitrogen and oxygen atoms in total. The van der Waals surface area contributed by atoms with E-state index in [9.17, 15) is 4.39 Å². The molecule has 0 spiro atoms. The third kappa shape index (κ3) is 4.29. The van der Waals surface area contributed by atoms with Gasteiger partial charge in [-0.1, -0.05) is 23.2 Å². The Balaban J connectivity index is 1.55. The molecule has 30 heavy (non-hydrogen) atoms. The Bertz CT molecular complexity index is 997. The number of hydrogen-bond donors (Lipinski definition) is 3. The SMILES string of the molecule is C[C@@H](OC1=C(N)NCC(c2cnn(C3CCNCC3)c2)=C1)c1c(Cl)ccc(F)c1Cl. The Morgan fingerprint density at radius 1 is 1.30 bits per heavy atom. The van der Waals surface area contributed by atoms with Gasteiger partial charge in [0, 0.05) is 28.9 Å². The second-order valence-electron chi connectivity index (χ2n) is 7.51. The number of hydrogen-bond acceptors (Lipinski definition) is 5. The number of nitrogens with two attached hydrogens (primary N) is 1. The zero-order valence-electron chi connectivity index (χ0n) is 16.6. The van der Waals surface area contributed by atoms with Crippen molar-refractivity contribution in [3.05, 3.63) is 69.2 Å². The molecule has 2 aliphatic heterocycles. The Morgan fingerprint density at radius 3 is 2.83 bits per heavy atom. The average Bonchev–Trinajstić information content (AvgIpc) is 3.24. The summed E-state index contributed by atoms with van der Waals surface area (Å²) in [6.07, 6.45) is 7.33. The Labute approximate surface area is 184 Å². The fourth-order valence-electron chi connectivity index (χ4n) is 3.79. The van der Waals surface area contributed by atoms with Gasteiger partial charge in [0.15, 0.2) is 5.76 Å². The van der Waals surface area contributed by atoms with Crippen molar-refractivity contribution in [2.24, 2.45) is 5.73 Å². The van der Waals surface area contributed by atoms with Crippen molar-refractivity contribution < 1.29 is 9.13 Å². The van der Waals surface area contributed by atoms with Crippen LogP contribution in [0, 0.1) is 5.82 Å². The molecule has 0 saturated carbocycles. The highest BCUT2D eigenvalue weighted by atomic mass is 35.5. The van der Waals surface area contributed by atoms with E-state index in [1.165, 1.54) is 12.1 Å². The van der Waals surface area contributed by atoms with Crippen LogP contribution in [0.25, 0.3) is 5.57 Å². The molecule has 0 unspecified atom stereocenters. The van der Waals surface area contributed by atoms with E-state index in [1.54, 1.807) is 6.92 Å². The molecule has 4 N–H and O–H groups in total. The molecule has 9 heteroatoms. The van der Waals surface area contributed by atoms with Crippen LogP contribution in [0.3, 0.4) is 0 Å². The number of halogens is 3. The number of ether oxygens (including phenoxy) is 1. The molecule has 0 radical (unpaired) electrons. The maximum Gasteiger partial charge on any atom is 0.160 e. The molecule has 1 fully saturated rings. The zero-order valence-corrected chi connectivity index (χ0v) is 18.1. The number of allylic oxidation sites excluding steroid dienone is 1. The minimum atomic E-state index is -0.593. The van der Waals surface area contributed by atoms with E-state index in [0.717, 1.165) is 37.1 Å². The van der Waals surface area contributed by atoms with Crippen LogP contribution >= 0.6 is 23.2 Å². The lowest BCUT2D eigenvalue weighted by molar-refractivity contribution is 0.138. The summed E-state index contributed by atoms with van der Waals surface area (Å²) in [5, 5.41) is 11.4. The Morgan fingerprint density at radius 2 is 2.07 bits per heavy atom. The van der Waals surface area contributed by atoms with Crippen LogP contribution in [-0.2, 0) is 4.74 Å². The highest BCUT2D eigenvalue weighted by Gasteiger charge is 2.23. The first-order valence-corrected chi connectivity index (χ1v) is 10.7. The molecule has 0 amide bonds. The Kier molecular flexibility index (Phi) is 6.22. The van der Waals surface area contributed by atoms with E-state index in [2.05, 4.69) is 21.9 Å².